The van der Waals surface area contributed by atoms with Gasteiger partial charge in [0.15, 0.2) is 6.29 Å². The number of alkyl halides is 1. The summed E-state index contributed by atoms with van der Waals surface area (Å²) < 4.78 is 5.01. The third kappa shape index (κ3) is 3.02. The number of rotatable bonds is 3. The van der Waals surface area contributed by atoms with E-state index in [1.165, 1.54) is 0 Å². The van der Waals surface area contributed by atoms with Gasteiger partial charge in [0, 0.05) is 0 Å². The maximum Gasteiger partial charge on any atom is 0.230 e. The minimum atomic E-state index is -1.46. The lowest BCUT2D eigenvalue weighted by Crippen LogP contribution is -2.64. The minimum absolute atomic E-state index is 0.160. The van der Waals surface area contributed by atoms with E-state index in [4.69, 9.17) is 9.84 Å². The van der Waals surface area contributed by atoms with Crippen molar-refractivity contribution in [3.63, 3.8) is 0 Å². The van der Waals surface area contributed by atoms with Crippen LogP contribution in [0, 0.1) is 0 Å². The average Bonchev–Trinajstić information content (AvgIpc) is 2.28. The fourth-order valence-electron chi connectivity index (χ4n) is 1.48. The molecular formula is C8H14INO6. The predicted octanol–water partition coefficient (Wildman–Crippen LogP) is -2.66. The molecule has 0 aliphatic carbocycles. The molecule has 1 fully saturated rings. The fourth-order valence-corrected chi connectivity index (χ4v) is 1.70. The Morgan fingerprint density at radius 3 is 2.44 bits per heavy atom. The molecule has 0 bridgehead atoms. The lowest BCUT2D eigenvalue weighted by Gasteiger charge is -2.40. The van der Waals surface area contributed by atoms with Crippen LogP contribution < -0.4 is 5.32 Å². The molecule has 1 rings (SSSR count). The molecule has 0 aromatic rings. The summed E-state index contributed by atoms with van der Waals surface area (Å²) in [5.74, 6) is -0.387. The minimum Gasteiger partial charge on any atom is -0.394 e. The Kier molecular flexibility index (Phi) is 5.34. The van der Waals surface area contributed by atoms with E-state index in [0.29, 0.717) is 0 Å². The van der Waals surface area contributed by atoms with Crippen molar-refractivity contribution in [2.45, 2.75) is 30.6 Å². The standard InChI is InChI=1S/C8H14INO6/c9-1-4(12)10-5-7(14)6(13)3(2-11)16-8(5)15/h3,5-8,11,13-15H,1-2H2,(H,10,12)/t3-,5+,6-,7-,8?/m1/s1. The van der Waals surface area contributed by atoms with Gasteiger partial charge in [0.05, 0.1) is 11.0 Å². The van der Waals surface area contributed by atoms with Crippen molar-refractivity contribution in [3.05, 3.63) is 0 Å². The van der Waals surface area contributed by atoms with E-state index in [0.717, 1.165) is 0 Å². The first-order valence-corrected chi connectivity index (χ1v) is 6.19. The molecule has 1 saturated heterocycles. The average molecular weight is 347 g/mol. The van der Waals surface area contributed by atoms with Crippen LogP contribution in [0.2, 0.25) is 0 Å². The second-order valence-electron chi connectivity index (χ2n) is 3.46. The number of carbonyl (C=O) groups excluding carboxylic acids is 1. The Morgan fingerprint density at radius 1 is 1.31 bits per heavy atom. The SMILES string of the molecule is O=C(CI)N[C@@H]1C(O)O[C@H](CO)[C@@H](O)[C@@H]1O. The van der Waals surface area contributed by atoms with Gasteiger partial charge in [-0.25, -0.2) is 0 Å². The summed E-state index contributed by atoms with van der Waals surface area (Å²) in [6.07, 6.45) is -5.25. The van der Waals surface area contributed by atoms with Crippen LogP contribution in [0.5, 0.6) is 0 Å². The van der Waals surface area contributed by atoms with Crippen molar-refractivity contribution in [2.75, 3.05) is 11.0 Å². The van der Waals surface area contributed by atoms with Gasteiger partial charge in [0.2, 0.25) is 5.91 Å². The summed E-state index contributed by atoms with van der Waals surface area (Å²) in [5, 5.41) is 39.8. The number of hydrogen-bond donors (Lipinski definition) is 5. The first kappa shape index (κ1) is 14.1. The van der Waals surface area contributed by atoms with E-state index in [1.807, 2.05) is 22.6 Å². The Bertz CT molecular complexity index is 253. The van der Waals surface area contributed by atoms with Crippen LogP contribution in [0.3, 0.4) is 0 Å². The van der Waals surface area contributed by atoms with E-state index >= 15 is 0 Å². The molecule has 1 unspecified atom stereocenters. The van der Waals surface area contributed by atoms with Crippen LogP contribution in [0.15, 0.2) is 0 Å². The molecule has 0 aromatic heterocycles. The number of halogens is 1. The molecule has 0 spiro atoms. The number of hydrogen-bond acceptors (Lipinski definition) is 6. The van der Waals surface area contributed by atoms with Gasteiger partial charge in [-0.15, -0.1) is 0 Å². The van der Waals surface area contributed by atoms with E-state index < -0.39 is 37.3 Å². The molecule has 1 aliphatic rings. The highest BCUT2D eigenvalue weighted by Crippen LogP contribution is 2.19. The molecule has 94 valence electrons. The first-order valence-electron chi connectivity index (χ1n) is 4.67. The lowest BCUT2D eigenvalue weighted by molar-refractivity contribution is -0.253. The fraction of sp³-hybridized carbons (Fsp3) is 0.875. The number of ether oxygens (including phenoxy) is 1. The second kappa shape index (κ2) is 6.07. The zero-order valence-electron chi connectivity index (χ0n) is 8.28. The molecule has 8 heteroatoms. The van der Waals surface area contributed by atoms with Gasteiger partial charge in [-0.1, -0.05) is 22.6 Å². The Hall–Kier alpha value is -0.0000000000000000694. The van der Waals surface area contributed by atoms with Crippen LogP contribution >= 0.6 is 22.6 Å². The van der Waals surface area contributed by atoms with Gasteiger partial charge in [-0.05, 0) is 0 Å². The molecule has 1 amide bonds. The van der Waals surface area contributed by atoms with Crippen LogP contribution in [0.25, 0.3) is 0 Å². The maximum atomic E-state index is 11.1. The van der Waals surface area contributed by atoms with E-state index in [-0.39, 0.29) is 10.3 Å². The summed E-state index contributed by atoms with van der Waals surface area (Å²) in [6, 6.07) is -1.10. The van der Waals surface area contributed by atoms with E-state index in [9.17, 15) is 20.1 Å². The number of amides is 1. The van der Waals surface area contributed by atoms with Gasteiger partial charge in [-0.2, -0.15) is 0 Å². The molecule has 5 N–H and O–H groups in total. The summed E-state index contributed by atoms with van der Waals surface area (Å²) >= 11 is 1.82. The molecule has 0 radical (unpaired) electrons. The van der Waals surface area contributed by atoms with Crippen LogP contribution in [0.4, 0.5) is 0 Å². The van der Waals surface area contributed by atoms with Crippen LogP contribution in [-0.2, 0) is 9.53 Å². The Balaban J connectivity index is 2.67. The highest BCUT2D eigenvalue weighted by atomic mass is 127. The largest absolute Gasteiger partial charge is 0.394 e. The molecular weight excluding hydrogens is 333 g/mol. The third-order valence-corrected chi connectivity index (χ3v) is 3.04. The van der Waals surface area contributed by atoms with Gasteiger partial charge in [0.25, 0.3) is 0 Å². The van der Waals surface area contributed by atoms with E-state index in [2.05, 4.69) is 5.32 Å². The lowest BCUT2D eigenvalue weighted by atomic mass is 9.97. The normalized spacial score (nSPS) is 39.4. The van der Waals surface area contributed by atoms with Crippen molar-refractivity contribution in [2.24, 2.45) is 0 Å². The van der Waals surface area contributed by atoms with Crippen molar-refractivity contribution in [1.29, 1.82) is 0 Å². The highest BCUT2D eigenvalue weighted by molar-refractivity contribution is 14.1. The van der Waals surface area contributed by atoms with Crippen molar-refractivity contribution >= 4 is 28.5 Å². The zero-order chi connectivity index (χ0) is 12.3. The summed E-state index contributed by atoms with van der Waals surface area (Å²) in [7, 11) is 0. The predicted molar refractivity (Wildman–Crippen MR) is 60.8 cm³/mol. The molecule has 0 aromatic carbocycles. The van der Waals surface area contributed by atoms with Gasteiger partial charge < -0.3 is 30.5 Å². The first-order chi connectivity index (χ1) is 7.51. The van der Waals surface area contributed by atoms with Crippen molar-refractivity contribution in [1.82, 2.24) is 5.32 Å². The molecule has 16 heavy (non-hydrogen) atoms. The van der Waals surface area contributed by atoms with Crippen LogP contribution in [0.1, 0.15) is 0 Å². The van der Waals surface area contributed by atoms with E-state index in [1.54, 1.807) is 0 Å². The van der Waals surface area contributed by atoms with Gasteiger partial charge in [-0.3, -0.25) is 4.79 Å². The molecule has 7 nitrogen and oxygen atoms in total. The summed E-state index contributed by atoms with van der Waals surface area (Å²) in [5.41, 5.74) is 0. The molecule has 5 atom stereocenters. The van der Waals surface area contributed by atoms with Gasteiger partial charge >= 0.3 is 0 Å². The van der Waals surface area contributed by atoms with Crippen molar-refractivity contribution in [3.8, 4) is 0 Å². The van der Waals surface area contributed by atoms with Crippen molar-refractivity contribution < 1.29 is 30.0 Å². The number of aliphatic hydroxyl groups excluding tert-OH is 4. The summed E-state index contributed by atoms with van der Waals surface area (Å²) in [6.45, 7) is -0.526. The second-order valence-corrected chi connectivity index (χ2v) is 4.22. The Labute approximate surface area is 106 Å². The highest BCUT2D eigenvalue weighted by Gasteiger charge is 2.44. The molecule has 1 aliphatic heterocycles. The smallest absolute Gasteiger partial charge is 0.230 e. The summed E-state index contributed by atoms with van der Waals surface area (Å²) in [4.78, 5) is 11.1. The molecule has 0 saturated carbocycles. The number of nitrogens with one attached hydrogen (secondary N) is 1. The third-order valence-electron chi connectivity index (χ3n) is 2.35. The number of carbonyl (C=O) groups is 1. The molecule has 1 heterocycles. The number of aliphatic hydroxyl groups is 4. The quantitative estimate of drug-likeness (QED) is 0.281. The monoisotopic (exact) mass is 347 g/mol. The van der Waals surface area contributed by atoms with Gasteiger partial charge in [0.1, 0.15) is 24.4 Å². The van der Waals surface area contributed by atoms with Crippen LogP contribution in [-0.4, -0.2) is 68.0 Å². The maximum absolute atomic E-state index is 11.1. The Morgan fingerprint density at radius 2 is 1.94 bits per heavy atom. The topological polar surface area (TPSA) is 119 Å². The zero-order valence-corrected chi connectivity index (χ0v) is 10.4.